The summed E-state index contributed by atoms with van der Waals surface area (Å²) in [5, 5.41) is 2.57. The number of benzene rings is 1. The predicted octanol–water partition coefficient (Wildman–Crippen LogP) is 1.95. The molecule has 0 radical (unpaired) electrons. The van der Waals surface area contributed by atoms with E-state index in [0.717, 1.165) is 11.1 Å². The Morgan fingerprint density at radius 2 is 1.89 bits per heavy atom. The number of allylic oxidation sites excluding steroid dienone is 1. The molecule has 5 heteroatoms. The van der Waals surface area contributed by atoms with E-state index in [4.69, 9.17) is 4.74 Å². The molecule has 0 aliphatic rings. The van der Waals surface area contributed by atoms with Crippen molar-refractivity contribution in [1.29, 1.82) is 0 Å². The van der Waals surface area contributed by atoms with E-state index in [2.05, 4.69) is 5.32 Å². The highest BCUT2D eigenvalue weighted by atomic mass is 19.1. The number of esters is 1. The first-order valence-corrected chi connectivity index (χ1v) is 5.80. The highest BCUT2D eigenvalue weighted by Crippen LogP contribution is 2.01. The molecule has 0 heterocycles. The molecule has 1 N–H and O–H groups in total. The van der Waals surface area contributed by atoms with E-state index in [-0.39, 0.29) is 19.0 Å². The van der Waals surface area contributed by atoms with Gasteiger partial charge in [-0.3, -0.25) is 4.79 Å². The van der Waals surface area contributed by atoms with Crippen LogP contribution in [0.25, 0.3) is 0 Å². The molecule has 0 bridgehead atoms. The van der Waals surface area contributed by atoms with Crippen LogP contribution < -0.4 is 5.32 Å². The van der Waals surface area contributed by atoms with Gasteiger partial charge in [-0.05, 0) is 31.5 Å². The van der Waals surface area contributed by atoms with Crippen LogP contribution in [0.2, 0.25) is 0 Å². The Balaban J connectivity index is 2.30. The zero-order valence-electron chi connectivity index (χ0n) is 10.9. The summed E-state index contributed by atoms with van der Waals surface area (Å²) in [6.07, 6.45) is 1.31. The molecule has 0 aliphatic carbocycles. The van der Waals surface area contributed by atoms with E-state index < -0.39 is 11.9 Å². The largest absolute Gasteiger partial charge is 0.452 e. The molecule has 19 heavy (non-hydrogen) atoms. The number of nitrogens with one attached hydrogen (secondary N) is 1. The van der Waals surface area contributed by atoms with Crippen LogP contribution in [0.4, 0.5) is 4.39 Å². The second-order valence-corrected chi connectivity index (χ2v) is 4.23. The van der Waals surface area contributed by atoms with Crippen LogP contribution in [-0.2, 0) is 20.9 Å². The number of ether oxygens (including phenoxy) is 1. The lowest BCUT2D eigenvalue weighted by atomic mass is 10.2. The number of halogens is 1. The summed E-state index contributed by atoms with van der Waals surface area (Å²) in [5.41, 5.74) is 1.57. The standard InChI is InChI=1S/C14H16FNO3/c1-10(2)7-14(18)19-9-13(17)16-8-11-3-5-12(15)6-4-11/h3-7H,8-9H2,1-2H3,(H,16,17). The highest BCUT2D eigenvalue weighted by molar-refractivity contribution is 5.86. The topological polar surface area (TPSA) is 55.4 Å². The summed E-state index contributed by atoms with van der Waals surface area (Å²) in [7, 11) is 0. The second kappa shape index (κ2) is 7.31. The van der Waals surface area contributed by atoms with Crippen molar-refractivity contribution in [3.05, 3.63) is 47.3 Å². The van der Waals surface area contributed by atoms with Crippen molar-refractivity contribution in [3.8, 4) is 0 Å². The quantitative estimate of drug-likeness (QED) is 0.654. The molecule has 0 atom stereocenters. The van der Waals surface area contributed by atoms with Crippen molar-refractivity contribution in [2.75, 3.05) is 6.61 Å². The van der Waals surface area contributed by atoms with Gasteiger partial charge >= 0.3 is 5.97 Å². The fourth-order valence-corrected chi connectivity index (χ4v) is 1.27. The molecule has 1 rings (SSSR count). The molecular formula is C14H16FNO3. The number of hydrogen-bond acceptors (Lipinski definition) is 3. The van der Waals surface area contributed by atoms with Crippen LogP contribution in [-0.4, -0.2) is 18.5 Å². The summed E-state index contributed by atoms with van der Waals surface area (Å²) in [5.74, 6) is -1.28. The van der Waals surface area contributed by atoms with Gasteiger partial charge in [-0.25, -0.2) is 9.18 Å². The Bertz CT molecular complexity index is 476. The van der Waals surface area contributed by atoms with Gasteiger partial charge in [-0.15, -0.1) is 0 Å². The molecule has 0 aliphatic heterocycles. The summed E-state index contributed by atoms with van der Waals surface area (Å²) >= 11 is 0. The van der Waals surface area contributed by atoms with Gasteiger partial charge in [0.05, 0.1) is 0 Å². The molecule has 0 spiro atoms. The number of carbonyl (C=O) groups excluding carboxylic acids is 2. The summed E-state index contributed by atoms with van der Waals surface area (Å²) in [4.78, 5) is 22.5. The van der Waals surface area contributed by atoms with Crippen molar-refractivity contribution in [2.24, 2.45) is 0 Å². The van der Waals surface area contributed by atoms with Crippen molar-refractivity contribution in [2.45, 2.75) is 20.4 Å². The van der Waals surface area contributed by atoms with E-state index in [1.54, 1.807) is 26.0 Å². The monoisotopic (exact) mass is 265 g/mol. The molecule has 0 unspecified atom stereocenters. The molecule has 102 valence electrons. The third-order valence-electron chi connectivity index (χ3n) is 2.15. The molecule has 0 saturated heterocycles. The second-order valence-electron chi connectivity index (χ2n) is 4.23. The SMILES string of the molecule is CC(C)=CC(=O)OCC(=O)NCc1ccc(F)cc1. The molecule has 1 aromatic rings. The van der Waals surface area contributed by atoms with Gasteiger partial charge in [0, 0.05) is 12.6 Å². The summed E-state index contributed by atoms with van der Waals surface area (Å²) < 4.78 is 17.4. The Hall–Kier alpha value is -2.17. The first-order valence-electron chi connectivity index (χ1n) is 5.80. The van der Waals surface area contributed by atoms with Gasteiger partial charge in [0.15, 0.2) is 6.61 Å². The van der Waals surface area contributed by atoms with Crippen LogP contribution >= 0.6 is 0 Å². The molecule has 1 amide bonds. The zero-order valence-corrected chi connectivity index (χ0v) is 10.9. The van der Waals surface area contributed by atoms with E-state index in [1.807, 2.05) is 0 Å². The highest BCUT2D eigenvalue weighted by Gasteiger charge is 2.05. The molecule has 0 fully saturated rings. The van der Waals surface area contributed by atoms with Crippen LogP contribution in [0.1, 0.15) is 19.4 Å². The maximum absolute atomic E-state index is 12.6. The van der Waals surface area contributed by atoms with Crippen LogP contribution in [0.5, 0.6) is 0 Å². The Kier molecular flexibility index (Phi) is 5.73. The average Bonchev–Trinajstić information content (AvgIpc) is 2.35. The lowest BCUT2D eigenvalue weighted by molar-refractivity contribution is -0.143. The maximum Gasteiger partial charge on any atom is 0.331 e. The number of carbonyl (C=O) groups is 2. The van der Waals surface area contributed by atoms with Crippen LogP contribution in [0.3, 0.4) is 0 Å². The van der Waals surface area contributed by atoms with Crippen LogP contribution in [0, 0.1) is 5.82 Å². The Morgan fingerprint density at radius 3 is 2.47 bits per heavy atom. The Labute approximate surface area is 111 Å². The van der Waals surface area contributed by atoms with Crippen LogP contribution in [0.15, 0.2) is 35.9 Å². The number of amides is 1. The van der Waals surface area contributed by atoms with E-state index >= 15 is 0 Å². The lowest BCUT2D eigenvalue weighted by Gasteiger charge is -2.05. The molecular weight excluding hydrogens is 249 g/mol. The van der Waals surface area contributed by atoms with Gasteiger partial charge < -0.3 is 10.1 Å². The van der Waals surface area contributed by atoms with E-state index in [1.165, 1.54) is 18.2 Å². The van der Waals surface area contributed by atoms with Crippen molar-refractivity contribution in [1.82, 2.24) is 5.32 Å². The first-order chi connectivity index (χ1) is 8.97. The van der Waals surface area contributed by atoms with E-state index in [0.29, 0.717) is 0 Å². The van der Waals surface area contributed by atoms with Crippen molar-refractivity contribution >= 4 is 11.9 Å². The third-order valence-corrected chi connectivity index (χ3v) is 2.15. The Morgan fingerprint density at radius 1 is 1.26 bits per heavy atom. The fraction of sp³-hybridized carbons (Fsp3) is 0.286. The van der Waals surface area contributed by atoms with Crippen molar-refractivity contribution in [3.63, 3.8) is 0 Å². The summed E-state index contributed by atoms with van der Waals surface area (Å²) in [6, 6.07) is 5.78. The van der Waals surface area contributed by atoms with Gasteiger partial charge in [0.25, 0.3) is 5.91 Å². The maximum atomic E-state index is 12.6. The minimum absolute atomic E-state index is 0.263. The van der Waals surface area contributed by atoms with Gasteiger partial charge in [-0.1, -0.05) is 17.7 Å². The normalized spacial score (nSPS) is 9.63. The molecule has 0 saturated carbocycles. The minimum Gasteiger partial charge on any atom is -0.452 e. The van der Waals surface area contributed by atoms with Gasteiger partial charge in [0.1, 0.15) is 5.82 Å². The number of rotatable bonds is 5. The number of hydrogen-bond donors (Lipinski definition) is 1. The van der Waals surface area contributed by atoms with E-state index in [9.17, 15) is 14.0 Å². The fourth-order valence-electron chi connectivity index (χ4n) is 1.27. The molecule has 1 aromatic carbocycles. The van der Waals surface area contributed by atoms with Crippen molar-refractivity contribution < 1.29 is 18.7 Å². The summed E-state index contributed by atoms with van der Waals surface area (Å²) in [6.45, 7) is 3.45. The van der Waals surface area contributed by atoms with Gasteiger partial charge in [0.2, 0.25) is 0 Å². The third kappa shape index (κ3) is 6.35. The predicted molar refractivity (Wildman–Crippen MR) is 68.6 cm³/mol. The van der Waals surface area contributed by atoms with Gasteiger partial charge in [-0.2, -0.15) is 0 Å². The molecule has 0 aromatic heterocycles. The average molecular weight is 265 g/mol. The first kappa shape index (κ1) is 14.9. The zero-order chi connectivity index (χ0) is 14.3. The minimum atomic E-state index is -0.545. The smallest absolute Gasteiger partial charge is 0.331 e. The lowest BCUT2D eigenvalue weighted by Crippen LogP contribution is -2.28. The molecule has 4 nitrogen and oxygen atoms in total.